The summed E-state index contributed by atoms with van der Waals surface area (Å²) in [5.41, 5.74) is 1.72. The number of ether oxygens (including phenoxy) is 1. The first kappa shape index (κ1) is 24.3. The molecule has 0 saturated heterocycles. The maximum Gasteiger partial charge on any atom is 0.408 e. The monoisotopic (exact) mass is 432 g/mol. The minimum absolute atomic E-state index is 0.258. The third-order valence-corrected chi connectivity index (χ3v) is 4.50. The van der Waals surface area contributed by atoms with Crippen LogP contribution >= 0.6 is 0 Å². The van der Waals surface area contributed by atoms with Crippen LogP contribution in [0.2, 0.25) is 0 Å². The van der Waals surface area contributed by atoms with Crippen LogP contribution in [0.4, 0.5) is 13.6 Å². The van der Waals surface area contributed by atoms with Gasteiger partial charge in [-0.3, -0.25) is 4.79 Å². The van der Waals surface area contributed by atoms with Crippen molar-refractivity contribution in [3.05, 3.63) is 59.7 Å². The standard InChI is InChI=1S/C24H30F2N2O3/c1-5-6-21(28-23(30)31-24(2,3)4)22(29)27-14-13-16-7-9-17(10-8-16)18-11-12-19(25)20(26)15-18/h7-12,15,21H,5-6,13-14H2,1-4H3,(H,27,29)(H,28,30)/t21-/m0/s1. The lowest BCUT2D eigenvalue weighted by Gasteiger charge is -2.23. The number of halogens is 2. The zero-order valence-corrected chi connectivity index (χ0v) is 18.4. The molecule has 0 saturated carbocycles. The van der Waals surface area contributed by atoms with E-state index in [0.29, 0.717) is 24.9 Å². The molecule has 0 aromatic heterocycles. The molecule has 0 heterocycles. The fraction of sp³-hybridized carbons (Fsp3) is 0.417. The van der Waals surface area contributed by atoms with E-state index in [0.717, 1.165) is 29.7 Å². The Balaban J connectivity index is 1.88. The number of carbonyl (C=O) groups excluding carboxylic acids is 2. The lowest BCUT2D eigenvalue weighted by molar-refractivity contribution is -0.123. The zero-order valence-electron chi connectivity index (χ0n) is 18.4. The number of rotatable bonds is 8. The highest BCUT2D eigenvalue weighted by Crippen LogP contribution is 2.22. The summed E-state index contributed by atoms with van der Waals surface area (Å²) in [6.07, 6.45) is 1.22. The van der Waals surface area contributed by atoms with Crippen molar-refractivity contribution in [2.24, 2.45) is 0 Å². The smallest absolute Gasteiger partial charge is 0.408 e. The summed E-state index contributed by atoms with van der Waals surface area (Å²) in [7, 11) is 0. The molecule has 0 bridgehead atoms. The summed E-state index contributed by atoms with van der Waals surface area (Å²) in [6.45, 7) is 7.63. The van der Waals surface area contributed by atoms with Gasteiger partial charge in [0, 0.05) is 6.54 Å². The van der Waals surface area contributed by atoms with E-state index in [1.54, 1.807) is 20.8 Å². The van der Waals surface area contributed by atoms with Gasteiger partial charge in [0.25, 0.3) is 0 Å². The molecular weight excluding hydrogens is 402 g/mol. The number of carbonyl (C=O) groups is 2. The lowest BCUT2D eigenvalue weighted by Crippen LogP contribution is -2.48. The summed E-state index contributed by atoms with van der Waals surface area (Å²) >= 11 is 0. The van der Waals surface area contributed by atoms with Gasteiger partial charge >= 0.3 is 6.09 Å². The minimum Gasteiger partial charge on any atom is -0.444 e. The molecule has 2 amide bonds. The molecule has 0 radical (unpaired) electrons. The maximum absolute atomic E-state index is 13.4. The first-order chi connectivity index (χ1) is 14.6. The second kappa shape index (κ2) is 10.9. The molecule has 0 aliphatic carbocycles. The second-order valence-corrected chi connectivity index (χ2v) is 8.35. The maximum atomic E-state index is 13.4. The van der Waals surface area contributed by atoms with Gasteiger partial charge in [-0.05, 0) is 62.4 Å². The van der Waals surface area contributed by atoms with Crippen LogP contribution < -0.4 is 10.6 Å². The Hall–Kier alpha value is -2.96. The van der Waals surface area contributed by atoms with Crippen molar-refractivity contribution in [2.75, 3.05) is 6.54 Å². The van der Waals surface area contributed by atoms with E-state index < -0.39 is 29.4 Å². The Labute approximate surface area is 182 Å². The number of nitrogens with one attached hydrogen (secondary N) is 2. The average molecular weight is 433 g/mol. The number of amides is 2. The van der Waals surface area contributed by atoms with Gasteiger partial charge in [-0.25, -0.2) is 13.6 Å². The largest absolute Gasteiger partial charge is 0.444 e. The van der Waals surface area contributed by atoms with Crippen molar-refractivity contribution >= 4 is 12.0 Å². The molecule has 0 unspecified atom stereocenters. The molecule has 1 atom stereocenters. The first-order valence-corrected chi connectivity index (χ1v) is 10.4. The number of alkyl carbamates (subject to hydrolysis) is 1. The van der Waals surface area contributed by atoms with Gasteiger partial charge < -0.3 is 15.4 Å². The topological polar surface area (TPSA) is 67.4 Å². The highest BCUT2D eigenvalue weighted by molar-refractivity contribution is 5.85. The molecule has 2 aromatic carbocycles. The highest BCUT2D eigenvalue weighted by Gasteiger charge is 2.23. The van der Waals surface area contributed by atoms with Gasteiger partial charge in [0.1, 0.15) is 11.6 Å². The quantitative estimate of drug-likeness (QED) is 0.618. The molecule has 0 spiro atoms. The fourth-order valence-electron chi connectivity index (χ4n) is 3.00. The van der Waals surface area contributed by atoms with Gasteiger partial charge in [-0.2, -0.15) is 0 Å². The van der Waals surface area contributed by atoms with Gasteiger partial charge in [-0.15, -0.1) is 0 Å². The van der Waals surface area contributed by atoms with Gasteiger partial charge in [-0.1, -0.05) is 43.7 Å². The van der Waals surface area contributed by atoms with Crippen molar-refractivity contribution in [1.29, 1.82) is 0 Å². The molecule has 0 aliphatic rings. The predicted octanol–water partition coefficient (Wildman–Crippen LogP) is 4.98. The van der Waals surface area contributed by atoms with Crippen LogP contribution in [0, 0.1) is 11.6 Å². The summed E-state index contributed by atoms with van der Waals surface area (Å²) in [4.78, 5) is 24.5. The molecular formula is C24H30F2N2O3. The van der Waals surface area contributed by atoms with Crippen LogP contribution in [0.5, 0.6) is 0 Å². The number of hydrogen-bond acceptors (Lipinski definition) is 3. The van der Waals surface area contributed by atoms with E-state index >= 15 is 0 Å². The van der Waals surface area contributed by atoms with Gasteiger partial charge in [0.15, 0.2) is 11.6 Å². The fourth-order valence-corrected chi connectivity index (χ4v) is 3.00. The van der Waals surface area contributed by atoms with E-state index in [1.807, 2.05) is 31.2 Å². The van der Waals surface area contributed by atoms with Crippen LogP contribution in [0.15, 0.2) is 42.5 Å². The van der Waals surface area contributed by atoms with Crippen molar-refractivity contribution in [1.82, 2.24) is 10.6 Å². The molecule has 2 rings (SSSR count). The molecule has 0 fully saturated rings. The Morgan fingerprint density at radius 1 is 1.00 bits per heavy atom. The van der Waals surface area contributed by atoms with E-state index in [4.69, 9.17) is 4.74 Å². The number of benzene rings is 2. The Kier molecular flexibility index (Phi) is 8.54. The van der Waals surface area contributed by atoms with Gasteiger partial charge in [0.05, 0.1) is 0 Å². The second-order valence-electron chi connectivity index (χ2n) is 8.35. The molecule has 5 nitrogen and oxygen atoms in total. The summed E-state index contributed by atoms with van der Waals surface area (Å²) < 4.78 is 31.7. The summed E-state index contributed by atoms with van der Waals surface area (Å²) in [5.74, 6) is -2.02. The van der Waals surface area contributed by atoms with Crippen molar-refractivity contribution in [3.63, 3.8) is 0 Å². The van der Waals surface area contributed by atoms with Crippen molar-refractivity contribution in [3.8, 4) is 11.1 Å². The average Bonchev–Trinajstić information content (AvgIpc) is 2.69. The molecule has 2 aromatic rings. The van der Waals surface area contributed by atoms with Crippen molar-refractivity contribution in [2.45, 2.75) is 58.6 Å². The predicted molar refractivity (Wildman–Crippen MR) is 117 cm³/mol. The zero-order chi connectivity index (χ0) is 23.0. The minimum atomic E-state index is -0.883. The highest BCUT2D eigenvalue weighted by atomic mass is 19.2. The molecule has 0 aliphatic heterocycles. The van der Waals surface area contributed by atoms with E-state index in [-0.39, 0.29) is 5.91 Å². The van der Waals surface area contributed by atoms with Crippen LogP contribution in [0.25, 0.3) is 11.1 Å². The SMILES string of the molecule is CCC[C@H](NC(=O)OC(C)(C)C)C(=O)NCCc1ccc(-c2ccc(F)c(F)c2)cc1. The molecule has 2 N–H and O–H groups in total. The van der Waals surface area contributed by atoms with Crippen LogP contribution in [0.3, 0.4) is 0 Å². The first-order valence-electron chi connectivity index (χ1n) is 10.4. The molecule has 31 heavy (non-hydrogen) atoms. The summed E-state index contributed by atoms with van der Waals surface area (Å²) in [5, 5.41) is 5.47. The van der Waals surface area contributed by atoms with E-state index in [9.17, 15) is 18.4 Å². The molecule has 7 heteroatoms. The number of hydrogen-bond donors (Lipinski definition) is 2. The summed E-state index contributed by atoms with van der Waals surface area (Å²) in [6, 6.07) is 10.6. The molecule has 168 valence electrons. The Morgan fingerprint density at radius 2 is 1.65 bits per heavy atom. The third-order valence-electron chi connectivity index (χ3n) is 4.50. The van der Waals surface area contributed by atoms with E-state index in [1.165, 1.54) is 6.07 Å². The van der Waals surface area contributed by atoms with Crippen LogP contribution in [0.1, 0.15) is 46.1 Å². The van der Waals surface area contributed by atoms with Crippen molar-refractivity contribution < 1.29 is 23.1 Å². The normalized spacial score (nSPS) is 12.2. The van der Waals surface area contributed by atoms with Crippen LogP contribution in [-0.2, 0) is 16.0 Å². The Bertz CT molecular complexity index is 893. The van der Waals surface area contributed by atoms with E-state index in [2.05, 4.69) is 10.6 Å². The Morgan fingerprint density at radius 3 is 2.23 bits per heavy atom. The van der Waals surface area contributed by atoms with Crippen LogP contribution in [-0.4, -0.2) is 30.2 Å². The van der Waals surface area contributed by atoms with Gasteiger partial charge in [0.2, 0.25) is 5.91 Å². The lowest BCUT2D eigenvalue weighted by atomic mass is 10.0. The third kappa shape index (κ3) is 8.00.